The summed E-state index contributed by atoms with van der Waals surface area (Å²) in [5.74, 6) is -0.374. The molecule has 6 heteroatoms. The van der Waals surface area contributed by atoms with E-state index in [1.165, 1.54) is 0 Å². The molecule has 0 fully saturated rings. The van der Waals surface area contributed by atoms with Gasteiger partial charge in [0.15, 0.2) is 0 Å². The number of nitrogens with one attached hydrogen (secondary N) is 1. The van der Waals surface area contributed by atoms with E-state index >= 15 is 0 Å². The highest BCUT2D eigenvalue weighted by atomic mass is 32.2. The number of carbonyl (C=O) groups is 1. The van der Waals surface area contributed by atoms with Gasteiger partial charge in [-0.15, -0.1) is 0 Å². The Hall–Kier alpha value is -2.34. The number of hydrogen-bond acceptors (Lipinski definition) is 3. The van der Waals surface area contributed by atoms with Gasteiger partial charge in [0.05, 0.1) is 11.9 Å². The van der Waals surface area contributed by atoms with Gasteiger partial charge in [-0.05, 0) is 62.6 Å². The molecule has 1 unspecified atom stereocenters. The van der Waals surface area contributed by atoms with Crippen LogP contribution in [0.1, 0.15) is 23.6 Å². The maximum Gasteiger partial charge on any atom is 0.248 e. The zero-order chi connectivity index (χ0) is 18.8. The van der Waals surface area contributed by atoms with E-state index in [1.54, 1.807) is 25.1 Å². The van der Waals surface area contributed by atoms with Crippen molar-refractivity contribution in [3.05, 3.63) is 59.2 Å². The van der Waals surface area contributed by atoms with Gasteiger partial charge < -0.3 is 5.32 Å². The van der Waals surface area contributed by atoms with E-state index in [0.717, 1.165) is 27.3 Å². The van der Waals surface area contributed by atoms with Crippen molar-refractivity contribution in [3.8, 4) is 0 Å². The van der Waals surface area contributed by atoms with E-state index in [9.17, 15) is 13.2 Å². The van der Waals surface area contributed by atoms with E-state index in [4.69, 9.17) is 0 Å². The molecule has 0 bridgehead atoms. The molecule has 5 nitrogen and oxygen atoms in total. The molecule has 2 rings (SSSR count). The van der Waals surface area contributed by atoms with Gasteiger partial charge in [-0.2, -0.15) is 0 Å². The monoisotopic (exact) mass is 360 g/mol. The molecule has 0 spiro atoms. The van der Waals surface area contributed by atoms with Crippen molar-refractivity contribution in [2.75, 3.05) is 15.9 Å². The van der Waals surface area contributed by atoms with Crippen LogP contribution in [-0.4, -0.2) is 26.6 Å². The molecular weight excluding hydrogens is 336 g/mol. The van der Waals surface area contributed by atoms with Gasteiger partial charge in [-0.25, -0.2) is 8.42 Å². The smallest absolute Gasteiger partial charge is 0.248 e. The van der Waals surface area contributed by atoms with Crippen LogP contribution in [0.3, 0.4) is 0 Å². The number of sulfonamides is 1. The van der Waals surface area contributed by atoms with Crippen molar-refractivity contribution in [1.82, 2.24) is 0 Å². The summed E-state index contributed by atoms with van der Waals surface area (Å²) in [7, 11) is -3.62. The molecule has 1 N–H and O–H groups in total. The lowest BCUT2D eigenvalue weighted by Gasteiger charge is -2.28. The normalized spacial score (nSPS) is 12.5. The molecule has 0 aliphatic rings. The second-order valence-corrected chi connectivity index (χ2v) is 8.17. The Kier molecular flexibility index (Phi) is 5.52. The van der Waals surface area contributed by atoms with Crippen molar-refractivity contribution < 1.29 is 13.2 Å². The molecule has 0 aliphatic carbocycles. The third-order valence-corrected chi connectivity index (χ3v) is 5.45. The van der Waals surface area contributed by atoms with Crippen LogP contribution < -0.4 is 9.62 Å². The minimum Gasteiger partial charge on any atom is -0.324 e. The number of anilines is 2. The first-order valence-corrected chi connectivity index (χ1v) is 9.89. The molecular formula is C19H24N2O3S. The molecule has 0 aromatic heterocycles. The predicted octanol–water partition coefficient (Wildman–Crippen LogP) is 3.41. The third-order valence-electron chi connectivity index (χ3n) is 4.21. The van der Waals surface area contributed by atoms with Gasteiger partial charge in [0.2, 0.25) is 15.9 Å². The van der Waals surface area contributed by atoms with Crippen LogP contribution in [0.5, 0.6) is 0 Å². The summed E-state index contributed by atoms with van der Waals surface area (Å²) in [6.07, 6.45) is 1.11. The maximum absolute atomic E-state index is 12.7. The standard InChI is InChI=1S/C19H24N2O3S/c1-13-8-6-10-17(12-13)21(25(5,23)24)16(4)19(22)20-18-11-7-9-14(2)15(18)3/h6-12,16H,1-5H3,(H,20,22). The van der Waals surface area contributed by atoms with E-state index in [0.29, 0.717) is 11.4 Å². The Morgan fingerprint density at radius 1 is 1.08 bits per heavy atom. The Morgan fingerprint density at radius 2 is 1.72 bits per heavy atom. The van der Waals surface area contributed by atoms with Gasteiger partial charge in [0.1, 0.15) is 6.04 Å². The molecule has 0 heterocycles. The fourth-order valence-electron chi connectivity index (χ4n) is 2.70. The van der Waals surface area contributed by atoms with Gasteiger partial charge in [0, 0.05) is 5.69 Å². The average molecular weight is 360 g/mol. The molecule has 2 aromatic carbocycles. The third kappa shape index (κ3) is 4.39. The summed E-state index contributed by atoms with van der Waals surface area (Å²) >= 11 is 0. The van der Waals surface area contributed by atoms with Crippen molar-refractivity contribution >= 4 is 27.3 Å². The van der Waals surface area contributed by atoms with Crippen LogP contribution >= 0.6 is 0 Å². The van der Waals surface area contributed by atoms with Crippen molar-refractivity contribution in [2.24, 2.45) is 0 Å². The first kappa shape index (κ1) is 19.0. The number of nitrogens with zero attached hydrogens (tertiary/aromatic N) is 1. The van der Waals surface area contributed by atoms with Gasteiger partial charge >= 0.3 is 0 Å². The van der Waals surface area contributed by atoms with Crippen LogP contribution in [-0.2, 0) is 14.8 Å². The highest BCUT2D eigenvalue weighted by Gasteiger charge is 2.29. The second-order valence-electron chi connectivity index (χ2n) is 6.31. The number of rotatable bonds is 5. The minimum absolute atomic E-state index is 0.374. The second kappa shape index (κ2) is 7.27. The summed E-state index contributed by atoms with van der Waals surface area (Å²) in [6.45, 7) is 7.35. The molecule has 1 amide bonds. The summed E-state index contributed by atoms with van der Waals surface area (Å²) < 4.78 is 25.8. The number of aryl methyl sites for hydroxylation is 2. The topological polar surface area (TPSA) is 66.5 Å². The zero-order valence-corrected chi connectivity index (χ0v) is 16.0. The van der Waals surface area contributed by atoms with E-state index < -0.39 is 16.1 Å². The Balaban J connectivity index is 2.35. The fourth-order valence-corrected chi connectivity index (χ4v) is 3.86. The maximum atomic E-state index is 12.7. The number of hydrogen-bond donors (Lipinski definition) is 1. The van der Waals surface area contributed by atoms with Crippen molar-refractivity contribution in [1.29, 1.82) is 0 Å². The summed E-state index contributed by atoms with van der Waals surface area (Å²) in [6, 6.07) is 11.9. The molecule has 0 saturated carbocycles. The molecule has 2 aromatic rings. The van der Waals surface area contributed by atoms with Gasteiger partial charge in [0.25, 0.3) is 0 Å². The minimum atomic E-state index is -3.62. The van der Waals surface area contributed by atoms with Crippen LogP contribution in [0, 0.1) is 20.8 Å². The SMILES string of the molecule is Cc1cccc(N(C(C)C(=O)Nc2cccc(C)c2C)S(C)(=O)=O)c1. The Labute approximate surface area is 149 Å². The molecule has 0 radical (unpaired) electrons. The summed E-state index contributed by atoms with van der Waals surface area (Å²) in [5, 5.41) is 2.84. The number of carbonyl (C=O) groups excluding carboxylic acids is 1. The van der Waals surface area contributed by atoms with E-state index in [-0.39, 0.29) is 5.91 Å². The molecule has 25 heavy (non-hydrogen) atoms. The first-order chi connectivity index (χ1) is 11.6. The average Bonchev–Trinajstić information content (AvgIpc) is 2.50. The highest BCUT2D eigenvalue weighted by Crippen LogP contribution is 2.24. The lowest BCUT2D eigenvalue weighted by molar-refractivity contribution is -0.116. The van der Waals surface area contributed by atoms with E-state index in [1.807, 2.05) is 45.0 Å². The first-order valence-electron chi connectivity index (χ1n) is 8.04. The predicted molar refractivity (Wildman–Crippen MR) is 103 cm³/mol. The summed E-state index contributed by atoms with van der Waals surface area (Å²) in [5.41, 5.74) is 4.11. The summed E-state index contributed by atoms with van der Waals surface area (Å²) in [4.78, 5) is 12.7. The van der Waals surface area contributed by atoms with Crippen LogP contribution in [0.25, 0.3) is 0 Å². The number of benzene rings is 2. The molecule has 1 atom stereocenters. The molecule has 0 saturated heterocycles. The van der Waals surface area contributed by atoms with Crippen molar-refractivity contribution in [3.63, 3.8) is 0 Å². The lowest BCUT2D eigenvalue weighted by Crippen LogP contribution is -2.45. The number of amides is 1. The quantitative estimate of drug-likeness (QED) is 0.888. The van der Waals surface area contributed by atoms with Gasteiger partial charge in [-0.3, -0.25) is 9.10 Å². The largest absolute Gasteiger partial charge is 0.324 e. The highest BCUT2D eigenvalue weighted by molar-refractivity contribution is 7.92. The molecule has 0 aliphatic heterocycles. The van der Waals surface area contributed by atoms with E-state index in [2.05, 4.69) is 5.32 Å². The van der Waals surface area contributed by atoms with Crippen LogP contribution in [0.4, 0.5) is 11.4 Å². The van der Waals surface area contributed by atoms with Crippen LogP contribution in [0.15, 0.2) is 42.5 Å². The van der Waals surface area contributed by atoms with Gasteiger partial charge in [-0.1, -0.05) is 24.3 Å². The van der Waals surface area contributed by atoms with Crippen molar-refractivity contribution in [2.45, 2.75) is 33.7 Å². The lowest BCUT2D eigenvalue weighted by atomic mass is 10.1. The zero-order valence-electron chi connectivity index (χ0n) is 15.2. The molecule has 134 valence electrons. The Bertz CT molecular complexity index is 891. The Morgan fingerprint density at radius 3 is 2.32 bits per heavy atom. The van der Waals surface area contributed by atoms with Crippen LogP contribution in [0.2, 0.25) is 0 Å². The fraction of sp³-hybridized carbons (Fsp3) is 0.316.